The van der Waals surface area contributed by atoms with Crippen LogP contribution in [0.2, 0.25) is 0 Å². The van der Waals surface area contributed by atoms with E-state index in [2.05, 4.69) is 0 Å². The van der Waals surface area contributed by atoms with Crippen LogP contribution in [-0.4, -0.2) is 5.11 Å². The van der Waals surface area contributed by atoms with Crippen molar-refractivity contribution in [2.24, 2.45) is 0 Å². The minimum atomic E-state index is 0.257. The highest BCUT2D eigenvalue weighted by atomic mass is 16.3. The lowest BCUT2D eigenvalue weighted by Crippen LogP contribution is -1.66. The van der Waals surface area contributed by atoms with E-state index in [0.717, 1.165) is 5.56 Å². The van der Waals surface area contributed by atoms with Crippen LogP contribution in [0.15, 0.2) is 24.3 Å². The molecule has 1 nitrogen and oxygen atoms in total. The molecule has 0 saturated heterocycles. The first-order chi connectivity index (χ1) is 4.33. The second-order valence-corrected chi connectivity index (χ2v) is 1.67. The number of aromatic hydroxyl groups is 1. The van der Waals surface area contributed by atoms with Gasteiger partial charge in [-0.1, -0.05) is 17.7 Å². The van der Waals surface area contributed by atoms with Crippen molar-refractivity contribution in [1.29, 1.82) is 0 Å². The molecule has 0 aromatic heterocycles. The molecular weight excluding hydrogens is 100 g/mol. The fourth-order valence-electron chi connectivity index (χ4n) is 0.496. The van der Waals surface area contributed by atoms with Gasteiger partial charge in [0.1, 0.15) is 5.75 Å². The Balaban J connectivity index is 2.88. The summed E-state index contributed by atoms with van der Waals surface area (Å²) in [7, 11) is 0. The maximum absolute atomic E-state index is 8.79. The van der Waals surface area contributed by atoms with Gasteiger partial charge in [-0.25, -0.2) is 0 Å². The summed E-state index contributed by atoms with van der Waals surface area (Å²) in [6, 6.07) is 6.65. The summed E-state index contributed by atoms with van der Waals surface area (Å²) in [5.41, 5.74) is 0.924. The van der Waals surface area contributed by atoms with Gasteiger partial charge in [0.15, 0.2) is 0 Å². The van der Waals surface area contributed by atoms with Gasteiger partial charge in [0.05, 0.1) is 0 Å². The molecule has 1 rings (SSSR count). The molecule has 0 heterocycles. The van der Waals surface area contributed by atoms with Crippen molar-refractivity contribution in [3.05, 3.63) is 29.8 Å². The highest BCUT2D eigenvalue weighted by Crippen LogP contribution is 2.07. The van der Waals surface area contributed by atoms with Crippen molar-refractivity contribution in [2.75, 3.05) is 0 Å². The van der Waals surface area contributed by atoms with Crippen molar-refractivity contribution < 1.29 is 6.48 Å². The van der Waals surface area contributed by atoms with Crippen molar-refractivity contribution in [3.8, 4) is 5.75 Å². The van der Waals surface area contributed by atoms with Gasteiger partial charge in [-0.2, -0.15) is 0 Å². The monoisotopic (exact) mass is 109 g/mol. The molecule has 0 aliphatic rings. The second kappa shape index (κ2) is 1.86. The summed E-state index contributed by atoms with van der Waals surface area (Å²) >= 11 is 0. The van der Waals surface area contributed by atoms with Crippen LogP contribution in [0.1, 0.15) is 6.93 Å². The van der Waals surface area contributed by atoms with E-state index in [1.165, 1.54) is 0 Å². The molecule has 1 aromatic rings. The number of rotatable bonds is 0. The Hall–Kier alpha value is -0.980. The number of benzene rings is 1. The van der Waals surface area contributed by atoms with Crippen LogP contribution in [0.3, 0.4) is 0 Å². The molecule has 1 aromatic carbocycles. The van der Waals surface area contributed by atoms with Crippen LogP contribution >= 0.6 is 0 Å². The van der Waals surface area contributed by atoms with Gasteiger partial charge in [-0.15, -0.1) is 0 Å². The molecule has 0 bridgehead atoms. The maximum atomic E-state index is 8.79. The molecule has 0 saturated carbocycles. The van der Waals surface area contributed by atoms with Crippen LogP contribution in [0, 0.1) is 6.90 Å². The largest absolute Gasteiger partial charge is 0.508 e. The van der Waals surface area contributed by atoms with Crippen LogP contribution in [0.25, 0.3) is 0 Å². The topological polar surface area (TPSA) is 20.2 Å². The van der Waals surface area contributed by atoms with E-state index >= 15 is 0 Å². The fraction of sp³-hybridized carbons (Fsp3) is 0.143. The van der Waals surface area contributed by atoms with Crippen molar-refractivity contribution in [1.82, 2.24) is 0 Å². The normalized spacial score (nSPS) is 10.8. The first-order valence-corrected chi connectivity index (χ1v) is 2.40. The molecule has 1 N–H and O–H groups in total. The summed E-state index contributed by atoms with van der Waals surface area (Å²) in [6.07, 6.45) is 0. The quantitative estimate of drug-likeness (QED) is 0.537. The Morgan fingerprint density at radius 1 is 1.38 bits per heavy atom. The maximum Gasteiger partial charge on any atom is 0.115 e. The zero-order chi connectivity index (χ0) is 6.69. The van der Waals surface area contributed by atoms with Crippen molar-refractivity contribution >= 4 is 0 Å². The second-order valence-electron chi connectivity index (χ2n) is 1.67. The molecule has 0 aliphatic heterocycles. The van der Waals surface area contributed by atoms with Crippen LogP contribution in [0.5, 0.6) is 5.75 Å². The molecule has 0 fully saturated rings. The smallest absolute Gasteiger partial charge is 0.115 e. The molecule has 0 unspecified atom stereocenters. The van der Waals surface area contributed by atoms with E-state index in [-0.39, 0.29) is 12.6 Å². The minimum Gasteiger partial charge on any atom is -0.508 e. The molecule has 1 heteroatoms. The zero-order valence-corrected chi connectivity index (χ0v) is 4.46. The Labute approximate surface area is 50.0 Å². The number of aryl methyl sites for hydroxylation is 1. The van der Waals surface area contributed by atoms with E-state index in [0.29, 0.717) is 0 Å². The Kier molecular flexibility index (Phi) is 0.922. The molecule has 0 amide bonds. The van der Waals surface area contributed by atoms with Gasteiger partial charge >= 0.3 is 0 Å². The minimum absolute atomic E-state index is 0.257. The summed E-state index contributed by atoms with van der Waals surface area (Å²) in [6.45, 7) is 0.278. The van der Waals surface area contributed by atoms with Crippen LogP contribution in [0.4, 0.5) is 0 Å². The molecular formula is C7H8O. The van der Waals surface area contributed by atoms with Crippen molar-refractivity contribution in [3.63, 3.8) is 0 Å². The molecule has 0 aliphatic carbocycles. The van der Waals surface area contributed by atoms with E-state index < -0.39 is 0 Å². The standard InChI is InChI=1S/C7H8O/c1-6-2-4-7(8)5-3-6/h2-5,8H,1H3/i1D. The molecule has 0 radical (unpaired) electrons. The SMILES string of the molecule is [2H]Cc1ccc(O)cc1. The van der Waals surface area contributed by atoms with E-state index in [9.17, 15) is 0 Å². The fourth-order valence-corrected chi connectivity index (χ4v) is 0.496. The zero-order valence-electron chi connectivity index (χ0n) is 5.46. The Morgan fingerprint density at radius 3 is 2.50 bits per heavy atom. The van der Waals surface area contributed by atoms with Crippen LogP contribution < -0.4 is 0 Å². The molecule has 8 heavy (non-hydrogen) atoms. The number of hydrogen-bond acceptors (Lipinski definition) is 1. The summed E-state index contributed by atoms with van der Waals surface area (Å²) in [5, 5.41) is 8.79. The van der Waals surface area contributed by atoms with E-state index in [1.807, 2.05) is 0 Å². The molecule has 0 atom stereocenters. The first-order valence-electron chi connectivity index (χ1n) is 3.11. The number of phenols is 1. The Morgan fingerprint density at radius 2 is 2.00 bits per heavy atom. The average Bonchev–Trinajstić information content (AvgIpc) is 1.90. The van der Waals surface area contributed by atoms with Gasteiger partial charge in [0, 0.05) is 1.37 Å². The Bertz CT molecular complexity index is 181. The number of hydrogen-bond donors (Lipinski definition) is 1. The predicted molar refractivity (Wildman–Crippen MR) is 32.8 cm³/mol. The van der Waals surface area contributed by atoms with Gasteiger partial charge in [0.25, 0.3) is 0 Å². The van der Waals surface area contributed by atoms with Crippen LogP contribution in [-0.2, 0) is 0 Å². The average molecular weight is 109 g/mol. The summed E-state index contributed by atoms with van der Waals surface area (Å²) in [5.74, 6) is 0.257. The van der Waals surface area contributed by atoms with Gasteiger partial charge in [-0.05, 0) is 19.0 Å². The highest BCUT2D eigenvalue weighted by molar-refractivity contribution is 5.24. The van der Waals surface area contributed by atoms with E-state index in [1.54, 1.807) is 24.3 Å². The van der Waals surface area contributed by atoms with Gasteiger partial charge < -0.3 is 5.11 Å². The van der Waals surface area contributed by atoms with Crippen molar-refractivity contribution in [2.45, 2.75) is 6.90 Å². The summed E-state index contributed by atoms with van der Waals surface area (Å²) < 4.78 is 6.93. The predicted octanol–water partition coefficient (Wildman–Crippen LogP) is 1.70. The third-order valence-corrected chi connectivity index (χ3v) is 0.936. The summed E-state index contributed by atoms with van der Waals surface area (Å²) in [4.78, 5) is 0. The lowest BCUT2D eigenvalue weighted by Gasteiger charge is -1.89. The first kappa shape index (κ1) is 3.96. The third kappa shape index (κ3) is 0.997. The highest BCUT2D eigenvalue weighted by Gasteiger charge is 1.82. The van der Waals surface area contributed by atoms with Gasteiger partial charge in [-0.3, -0.25) is 0 Å². The lowest BCUT2D eigenvalue weighted by molar-refractivity contribution is 0.475. The lowest BCUT2D eigenvalue weighted by atomic mass is 10.2. The van der Waals surface area contributed by atoms with E-state index in [4.69, 9.17) is 6.48 Å². The molecule has 42 valence electrons. The number of phenolic OH excluding ortho intramolecular Hbond substituents is 1. The third-order valence-electron chi connectivity index (χ3n) is 0.936. The van der Waals surface area contributed by atoms with Gasteiger partial charge in [0.2, 0.25) is 0 Å². The molecule has 0 spiro atoms.